The maximum Gasteiger partial charge on any atom is 0.220 e. The number of nitrogens with one attached hydrogen (secondary N) is 1. The molecule has 0 heterocycles. The van der Waals surface area contributed by atoms with Gasteiger partial charge in [-0.15, -0.1) is 0 Å². The fourth-order valence-electron chi connectivity index (χ4n) is 3.45. The lowest BCUT2D eigenvalue weighted by Gasteiger charge is -2.25. The number of fused-ring (bicyclic) bond motifs is 1. The molecule has 2 N–H and O–H groups in total. The van der Waals surface area contributed by atoms with E-state index < -0.39 is 17.2 Å². The number of carbonyl (C=O) groups excluding carboxylic acids is 1. The largest absolute Gasteiger partial charge is 0.383 e. The van der Waals surface area contributed by atoms with Gasteiger partial charge in [-0.05, 0) is 42.9 Å². The van der Waals surface area contributed by atoms with Crippen LogP contribution in [0.5, 0.6) is 0 Å². The third kappa shape index (κ3) is 3.87. The number of aliphatic hydroxyl groups is 1. The van der Waals surface area contributed by atoms with Gasteiger partial charge in [0.25, 0.3) is 0 Å². The van der Waals surface area contributed by atoms with E-state index in [4.69, 9.17) is 0 Å². The van der Waals surface area contributed by atoms with Crippen LogP contribution in [-0.2, 0) is 16.8 Å². The minimum Gasteiger partial charge on any atom is -0.383 e. The van der Waals surface area contributed by atoms with E-state index in [1.165, 1.54) is 24.1 Å². The van der Waals surface area contributed by atoms with Gasteiger partial charge < -0.3 is 10.4 Å². The maximum atomic E-state index is 13.9. The molecular formula is C20H21F2NO2. The SMILES string of the molecule is CC(O)(CNC(=O)CC1CCc2ccccc21)c1ccc(F)cc1F. The molecule has 1 amide bonds. The van der Waals surface area contributed by atoms with Crippen LogP contribution in [0.4, 0.5) is 8.78 Å². The van der Waals surface area contributed by atoms with Crippen LogP contribution in [0.2, 0.25) is 0 Å². The summed E-state index contributed by atoms with van der Waals surface area (Å²) in [4.78, 5) is 12.2. The van der Waals surface area contributed by atoms with Crippen LogP contribution >= 0.6 is 0 Å². The normalized spacial score (nSPS) is 18.5. The van der Waals surface area contributed by atoms with Gasteiger partial charge in [0.15, 0.2) is 0 Å². The average molecular weight is 345 g/mol. The Balaban J connectivity index is 1.60. The Morgan fingerprint density at radius 1 is 1.28 bits per heavy atom. The quantitative estimate of drug-likeness (QED) is 0.872. The van der Waals surface area contributed by atoms with E-state index in [-0.39, 0.29) is 23.9 Å². The van der Waals surface area contributed by atoms with Crippen LogP contribution in [0.1, 0.15) is 42.4 Å². The van der Waals surface area contributed by atoms with Gasteiger partial charge in [-0.25, -0.2) is 8.78 Å². The summed E-state index contributed by atoms with van der Waals surface area (Å²) < 4.78 is 26.9. The second kappa shape index (κ2) is 6.92. The summed E-state index contributed by atoms with van der Waals surface area (Å²) in [5.41, 5.74) is 0.830. The van der Waals surface area contributed by atoms with Crippen molar-refractivity contribution in [3.63, 3.8) is 0 Å². The van der Waals surface area contributed by atoms with Crippen LogP contribution in [0.3, 0.4) is 0 Å². The van der Waals surface area contributed by atoms with Crippen LogP contribution in [0, 0.1) is 11.6 Å². The molecule has 25 heavy (non-hydrogen) atoms. The van der Waals surface area contributed by atoms with Gasteiger partial charge in [0.05, 0.1) is 6.54 Å². The molecule has 2 atom stereocenters. The van der Waals surface area contributed by atoms with Crippen molar-refractivity contribution >= 4 is 5.91 Å². The van der Waals surface area contributed by atoms with Crippen molar-refractivity contribution in [2.24, 2.45) is 0 Å². The first kappa shape index (κ1) is 17.5. The minimum atomic E-state index is -1.61. The highest BCUT2D eigenvalue weighted by atomic mass is 19.1. The summed E-state index contributed by atoms with van der Waals surface area (Å²) in [5, 5.41) is 13.1. The highest BCUT2D eigenvalue weighted by molar-refractivity contribution is 5.77. The second-order valence-corrected chi connectivity index (χ2v) is 6.81. The van der Waals surface area contributed by atoms with Crippen molar-refractivity contribution in [1.82, 2.24) is 5.32 Å². The van der Waals surface area contributed by atoms with Crippen molar-refractivity contribution in [2.75, 3.05) is 6.54 Å². The van der Waals surface area contributed by atoms with Gasteiger partial charge >= 0.3 is 0 Å². The Kier molecular flexibility index (Phi) is 4.86. The third-order valence-electron chi connectivity index (χ3n) is 4.83. The van der Waals surface area contributed by atoms with Gasteiger partial charge in [0.2, 0.25) is 5.91 Å². The zero-order chi connectivity index (χ0) is 18.0. The number of halogens is 2. The van der Waals surface area contributed by atoms with Gasteiger partial charge in [-0.2, -0.15) is 0 Å². The van der Waals surface area contributed by atoms with Crippen molar-refractivity contribution < 1.29 is 18.7 Å². The van der Waals surface area contributed by atoms with E-state index in [9.17, 15) is 18.7 Å². The van der Waals surface area contributed by atoms with Crippen molar-refractivity contribution in [2.45, 2.75) is 37.7 Å². The molecule has 2 aromatic carbocycles. The Morgan fingerprint density at radius 2 is 2.04 bits per heavy atom. The van der Waals surface area contributed by atoms with Gasteiger partial charge in [0.1, 0.15) is 17.2 Å². The van der Waals surface area contributed by atoms with Crippen LogP contribution in [0.15, 0.2) is 42.5 Å². The highest BCUT2D eigenvalue weighted by Gasteiger charge is 2.29. The molecule has 132 valence electrons. The lowest BCUT2D eigenvalue weighted by atomic mass is 9.94. The molecule has 3 rings (SSSR count). The second-order valence-electron chi connectivity index (χ2n) is 6.81. The molecule has 2 aromatic rings. The number of aryl methyl sites for hydroxylation is 1. The Bertz CT molecular complexity index is 789. The summed E-state index contributed by atoms with van der Waals surface area (Å²) in [6, 6.07) is 11.1. The molecule has 0 aromatic heterocycles. The van der Waals surface area contributed by atoms with E-state index in [0.29, 0.717) is 6.42 Å². The molecule has 1 aliphatic rings. The Morgan fingerprint density at radius 3 is 2.80 bits per heavy atom. The molecule has 0 spiro atoms. The van der Waals surface area contributed by atoms with Gasteiger partial charge in [0, 0.05) is 18.1 Å². The summed E-state index contributed by atoms with van der Waals surface area (Å²) in [5.74, 6) is -1.56. The Labute approximate surface area is 145 Å². The zero-order valence-electron chi connectivity index (χ0n) is 14.1. The number of carbonyl (C=O) groups is 1. The molecule has 0 bridgehead atoms. The number of hydrogen-bond acceptors (Lipinski definition) is 2. The summed E-state index contributed by atoms with van der Waals surface area (Å²) >= 11 is 0. The topological polar surface area (TPSA) is 49.3 Å². The van der Waals surface area contributed by atoms with Crippen molar-refractivity contribution in [3.8, 4) is 0 Å². The average Bonchev–Trinajstić information content (AvgIpc) is 2.96. The molecule has 0 fully saturated rings. The lowest BCUT2D eigenvalue weighted by molar-refractivity contribution is -0.122. The van der Waals surface area contributed by atoms with Crippen LogP contribution < -0.4 is 5.32 Å². The fraction of sp³-hybridized carbons (Fsp3) is 0.350. The van der Waals surface area contributed by atoms with E-state index in [1.54, 1.807) is 0 Å². The number of benzene rings is 2. The first-order chi connectivity index (χ1) is 11.9. The minimum absolute atomic E-state index is 0.0413. The smallest absolute Gasteiger partial charge is 0.220 e. The van der Waals surface area contributed by atoms with Crippen molar-refractivity contribution in [3.05, 3.63) is 70.8 Å². The zero-order valence-corrected chi connectivity index (χ0v) is 14.1. The summed E-state index contributed by atoms with van der Waals surface area (Å²) in [6.07, 6.45) is 2.22. The monoisotopic (exact) mass is 345 g/mol. The first-order valence-corrected chi connectivity index (χ1v) is 8.39. The van der Waals surface area contributed by atoms with Crippen molar-refractivity contribution in [1.29, 1.82) is 0 Å². The molecule has 0 aliphatic heterocycles. The predicted molar refractivity (Wildman–Crippen MR) is 91.1 cm³/mol. The highest BCUT2D eigenvalue weighted by Crippen LogP contribution is 2.35. The molecule has 0 saturated heterocycles. The van der Waals surface area contributed by atoms with Crippen LogP contribution in [0.25, 0.3) is 0 Å². The predicted octanol–water partition coefficient (Wildman–Crippen LogP) is 3.41. The fourth-order valence-corrected chi connectivity index (χ4v) is 3.45. The molecule has 0 radical (unpaired) electrons. The maximum absolute atomic E-state index is 13.9. The number of amides is 1. The number of rotatable bonds is 5. The first-order valence-electron chi connectivity index (χ1n) is 8.39. The van der Waals surface area contributed by atoms with Gasteiger partial charge in [-0.3, -0.25) is 4.79 Å². The van der Waals surface area contributed by atoms with E-state index >= 15 is 0 Å². The summed E-state index contributed by atoms with van der Waals surface area (Å²) in [7, 11) is 0. The molecule has 2 unspecified atom stereocenters. The van der Waals surface area contributed by atoms with E-state index in [1.807, 2.05) is 18.2 Å². The lowest BCUT2D eigenvalue weighted by Crippen LogP contribution is -2.39. The molecule has 3 nitrogen and oxygen atoms in total. The van der Waals surface area contributed by atoms with Crippen LogP contribution in [-0.4, -0.2) is 17.6 Å². The summed E-state index contributed by atoms with van der Waals surface area (Å²) in [6.45, 7) is 1.26. The third-order valence-corrected chi connectivity index (χ3v) is 4.83. The molecule has 1 aliphatic carbocycles. The standard InChI is InChI=1S/C20H21F2NO2/c1-20(25,17-9-8-15(21)11-18(17)22)12-23-19(24)10-14-7-6-13-4-2-3-5-16(13)14/h2-5,8-9,11,14,25H,6-7,10,12H2,1H3,(H,23,24). The molecule has 0 saturated carbocycles. The van der Waals surface area contributed by atoms with E-state index in [2.05, 4.69) is 11.4 Å². The van der Waals surface area contributed by atoms with E-state index in [0.717, 1.165) is 25.0 Å². The van der Waals surface area contributed by atoms with Gasteiger partial charge in [-0.1, -0.05) is 30.3 Å². The molecule has 5 heteroatoms. The Hall–Kier alpha value is -2.27. The molecular weight excluding hydrogens is 324 g/mol. The number of hydrogen-bond donors (Lipinski definition) is 2.